The SMILES string of the molecule is COc1ccc2c(c1)C(OS(=O)(=O)C(F)(F)F)=C(C)C(c1ccc(OC)c(C)c1)C2. The Bertz CT molecular complexity index is 1100. The maximum absolute atomic E-state index is 13.0. The quantitative estimate of drug-likeness (QED) is 0.484. The van der Waals surface area contributed by atoms with E-state index in [1.165, 1.54) is 13.2 Å². The summed E-state index contributed by atoms with van der Waals surface area (Å²) in [7, 11) is -2.87. The summed E-state index contributed by atoms with van der Waals surface area (Å²) in [5, 5.41) is 0. The Balaban J connectivity index is 2.17. The predicted octanol–water partition coefficient (Wildman–Crippen LogP) is 4.95. The zero-order valence-corrected chi connectivity index (χ0v) is 17.6. The Labute approximate surface area is 173 Å². The van der Waals surface area contributed by atoms with Crippen molar-refractivity contribution in [1.82, 2.24) is 0 Å². The molecular weight excluding hydrogens is 421 g/mol. The lowest BCUT2D eigenvalue weighted by Gasteiger charge is -2.29. The topological polar surface area (TPSA) is 61.8 Å². The van der Waals surface area contributed by atoms with Crippen molar-refractivity contribution >= 4 is 15.9 Å². The molecule has 2 aromatic carbocycles. The van der Waals surface area contributed by atoms with E-state index >= 15 is 0 Å². The largest absolute Gasteiger partial charge is 0.534 e. The van der Waals surface area contributed by atoms with Gasteiger partial charge in [-0.3, -0.25) is 0 Å². The number of halogens is 3. The fourth-order valence-electron chi connectivity index (χ4n) is 3.57. The molecular formula is C21H21F3O5S. The second kappa shape index (κ2) is 7.86. The number of hydrogen-bond donors (Lipinski definition) is 0. The molecule has 162 valence electrons. The molecule has 0 heterocycles. The fraction of sp³-hybridized carbons (Fsp3) is 0.333. The van der Waals surface area contributed by atoms with E-state index in [1.54, 1.807) is 32.2 Å². The highest BCUT2D eigenvalue weighted by Gasteiger charge is 2.49. The Morgan fingerprint density at radius 2 is 1.70 bits per heavy atom. The zero-order chi connectivity index (χ0) is 22.3. The van der Waals surface area contributed by atoms with Gasteiger partial charge in [-0.2, -0.15) is 21.6 Å². The van der Waals surface area contributed by atoms with Gasteiger partial charge in [-0.05, 0) is 60.7 Å². The van der Waals surface area contributed by atoms with E-state index in [-0.39, 0.29) is 17.2 Å². The van der Waals surface area contributed by atoms with E-state index in [4.69, 9.17) is 9.47 Å². The van der Waals surface area contributed by atoms with Crippen LogP contribution in [-0.4, -0.2) is 28.1 Å². The lowest BCUT2D eigenvalue weighted by Crippen LogP contribution is -2.27. The molecule has 0 N–H and O–H groups in total. The summed E-state index contributed by atoms with van der Waals surface area (Å²) in [4.78, 5) is 0. The number of alkyl halides is 3. The van der Waals surface area contributed by atoms with Crippen LogP contribution in [0.15, 0.2) is 42.0 Å². The van der Waals surface area contributed by atoms with Crippen molar-refractivity contribution in [3.63, 3.8) is 0 Å². The smallest absolute Gasteiger partial charge is 0.497 e. The number of rotatable bonds is 5. The van der Waals surface area contributed by atoms with Gasteiger partial charge in [0.05, 0.1) is 14.2 Å². The molecule has 5 nitrogen and oxygen atoms in total. The molecule has 1 aliphatic rings. The first-order chi connectivity index (χ1) is 14.0. The van der Waals surface area contributed by atoms with Gasteiger partial charge in [0.1, 0.15) is 17.3 Å². The van der Waals surface area contributed by atoms with E-state index in [0.29, 0.717) is 29.1 Å². The third kappa shape index (κ3) is 3.98. The Morgan fingerprint density at radius 1 is 1.00 bits per heavy atom. The molecule has 0 radical (unpaired) electrons. The van der Waals surface area contributed by atoms with Crippen LogP contribution in [0.1, 0.15) is 35.1 Å². The molecule has 1 aliphatic carbocycles. The minimum atomic E-state index is -5.84. The Hall–Kier alpha value is -2.68. The molecule has 0 saturated carbocycles. The predicted molar refractivity (Wildman–Crippen MR) is 106 cm³/mol. The van der Waals surface area contributed by atoms with Crippen LogP contribution in [0.25, 0.3) is 5.76 Å². The van der Waals surface area contributed by atoms with E-state index in [9.17, 15) is 21.6 Å². The van der Waals surface area contributed by atoms with E-state index in [2.05, 4.69) is 4.18 Å². The second-order valence-corrected chi connectivity index (χ2v) is 8.54. The summed E-state index contributed by atoms with van der Waals surface area (Å²) < 4.78 is 77.7. The van der Waals surface area contributed by atoms with Crippen LogP contribution in [-0.2, 0) is 20.7 Å². The van der Waals surface area contributed by atoms with Crippen molar-refractivity contribution in [1.29, 1.82) is 0 Å². The van der Waals surface area contributed by atoms with Crippen LogP contribution in [0.3, 0.4) is 0 Å². The summed E-state index contributed by atoms with van der Waals surface area (Å²) >= 11 is 0. The maximum atomic E-state index is 13.0. The van der Waals surface area contributed by atoms with Crippen molar-refractivity contribution in [3.8, 4) is 11.5 Å². The van der Waals surface area contributed by atoms with E-state index in [1.807, 2.05) is 19.1 Å². The number of hydrogen-bond acceptors (Lipinski definition) is 5. The van der Waals surface area contributed by atoms with Gasteiger partial charge >= 0.3 is 15.6 Å². The van der Waals surface area contributed by atoms with Gasteiger partial charge in [0, 0.05) is 11.5 Å². The van der Waals surface area contributed by atoms with Gasteiger partial charge in [0.15, 0.2) is 0 Å². The third-order valence-electron chi connectivity index (χ3n) is 5.16. The summed E-state index contributed by atoms with van der Waals surface area (Å²) in [5.74, 6) is 0.364. The highest BCUT2D eigenvalue weighted by molar-refractivity contribution is 7.87. The van der Waals surface area contributed by atoms with Crippen molar-refractivity contribution in [3.05, 3.63) is 64.2 Å². The number of methoxy groups -OCH3 is 2. The van der Waals surface area contributed by atoms with Gasteiger partial charge < -0.3 is 13.7 Å². The molecule has 0 fully saturated rings. The van der Waals surface area contributed by atoms with Crippen molar-refractivity contribution < 1.29 is 35.2 Å². The highest BCUT2D eigenvalue weighted by Crippen LogP contribution is 2.44. The van der Waals surface area contributed by atoms with Crippen LogP contribution >= 0.6 is 0 Å². The molecule has 30 heavy (non-hydrogen) atoms. The van der Waals surface area contributed by atoms with Gasteiger partial charge in [-0.25, -0.2) is 0 Å². The maximum Gasteiger partial charge on any atom is 0.534 e. The summed E-state index contributed by atoms with van der Waals surface area (Å²) in [5.41, 5.74) is -2.56. The van der Waals surface area contributed by atoms with E-state index in [0.717, 1.165) is 11.1 Å². The highest BCUT2D eigenvalue weighted by atomic mass is 32.2. The Morgan fingerprint density at radius 3 is 2.27 bits per heavy atom. The molecule has 0 spiro atoms. The monoisotopic (exact) mass is 442 g/mol. The third-order valence-corrected chi connectivity index (χ3v) is 6.12. The number of aryl methyl sites for hydroxylation is 1. The molecule has 0 amide bonds. The summed E-state index contributed by atoms with van der Waals surface area (Å²) in [6, 6.07) is 10.3. The van der Waals surface area contributed by atoms with Gasteiger partial charge in [-0.1, -0.05) is 18.2 Å². The Kier molecular flexibility index (Phi) is 5.77. The molecule has 0 aliphatic heterocycles. The molecule has 3 rings (SSSR count). The van der Waals surface area contributed by atoms with Crippen LogP contribution in [0.2, 0.25) is 0 Å². The molecule has 0 saturated heterocycles. The molecule has 0 aromatic heterocycles. The number of allylic oxidation sites excluding steroid dienone is 1. The number of ether oxygens (including phenoxy) is 2. The van der Waals surface area contributed by atoms with Crippen molar-refractivity contribution in [2.24, 2.45) is 0 Å². The van der Waals surface area contributed by atoms with Gasteiger partial charge in [-0.15, -0.1) is 0 Å². The molecule has 2 aromatic rings. The molecule has 9 heteroatoms. The number of benzene rings is 2. The minimum Gasteiger partial charge on any atom is -0.497 e. The van der Waals surface area contributed by atoms with E-state index < -0.39 is 15.6 Å². The molecule has 1 atom stereocenters. The van der Waals surface area contributed by atoms with Gasteiger partial charge in [0.25, 0.3) is 0 Å². The second-order valence-electron chi connectivity index (χ2n) is 7.00. The molecule has 1 unspecified atom stereocenters. The van der Waals surface area contributed by atoms with Crippen LogP contribution in [0, 0.1) is 6.92 Å². The van der Waals surface area contributed by atoms with Crippen LogP contribution < -0.4 is 9.47 Å². The average Bonchev–Trinajstić information content (AvgIpc) is 2.68. The zero-order valence-electron chi connectivity index (χ0n) is 16.8. The average molecular weight is 442 g/mol. The lowest BCUT2D eigenvalue weighted by atomic mass is 9.79. The number of fused-ring (bicyclic) bond motifs is 1. The summed E-state index contributed by atoms with van der Waals surface area (Å²) in [6.07, 6.45) is 0.468. The normalized spacial score (nSPS) is 16.8. The fourth-order valence-corrected chi connectivity index (χ4v) is 4.10. The molecule has 0 bridgehead atoms. The lowest BCUT2D eigenvalue weighted by molar-refractivity contribution is -0.0509. The van der Waals surface area contributed by atoms with Crippen LogP contribution in [0.5, 0.6) is 11.5 Å². The van der Waals surface area contributed by atoms with Crippen LogP contribution in [0.4, 0.5) is 13.2 Å². The van der Waals surface area contributed by atoms with Crippen molar-refractivity contribution in [2.75, 3.05) is 14.2 Å². The van der Waals surface area contributed by atoms with Crippen molar-refractivity contribution in [2.45, 2.75) is 31.7 Å². The first-order valence-electron chi connectivity index (χ1n) is 9.02. The van der Waals surface area contributed by atoms with Gasteiger partial charge in [0.2, 0.25) is 0 Å². The summed E-state index contributed by atoms with van der Waals surface area (Å²) in [6.45, 7) is 3.43. The first kappa shape index (κ1) is 22.0. The minimum absolute atomic E-state index is 0.265. The first-order valence-corrected chi connectivity index (χ1v) is 10.4. The standard InChI is InChI=1S/C21H21F3O5S/c1-12-9-14(6-8-19(12)28-4)17-10-15-5-7-16(27-3)11-18(15)20(13(17)2)29-30(25,26)21(22,23)24/h5-9,11,17H,10H2,1-4H3.